The Morgan fingerprint density at radius 2 is 1.64 bits per heavy atom. The van der Waals surface area contributed by atoms with Gasteiger partial charge in [-0.1, -0.05) is 61.8 Å². The van der Waals surface area contributed by atoms with Gasteiger partial charge in [-0.25, -0.2) is 4.79 Å². The Morgan fingerprint density at radius 3 is 2.28 bits per heavy atom. The average molecular weight is 360 g/mol. The molecule has 0 aromatic heterocycles. The van der Waals surface area contributed by atoms with Gasteiger partial charge < -0.3 is 16.0 Å². The summed E-state index contributed by atoms with van der Waals surface area (Å²) in [5, 5.41) is 8.85. The lowest BCUT2D eigenvalue weighted by molar-refractivity contribution is -0.124. The van der Waals surface area contributed by atoms with Gasteiger partial charge >= 0.3 is 6.03 Å². The molecule has 0 saturated heterocycles. The van der Waals surface area contributed by atoms with Crippen molar-refractivity contribution in [2.45, 2.75) is 26.4 Å². The van der Waals surface area contributed by atoms with Crippen LogP contribution in [-0.2, 0) is 11.3 Å². The van der Waals surface area contributed by atoms with Gasteiger partial charge in [0.1, 0.15) is 6.04 Å². The van der Waals surface area contributed by atoms with Crippen molar-refractivity contribution in [1.82, 2.24) is 10.6 Å². The first-order valence-electron chi connectivity index (χ1n) is 8.11. The maximum absolute atomic E-state index is 12.5. The number of benzene rings is 2. The van der Waals surface area contributed by atoms with Crippen LogP contribution in [0.5, 0.6) is 0 Å². The highest BCUT2D eigenvalue weighted by Gasteiger charge is 2.24. The van der Waals surface area contributed by atoms with E-state index in [4.69, 9.17) is 11.6 Å². The lowest BCUT2D eigenvalue weighted by atomic mass is 10.0. The van der Waals surface area contributed by atoms with Gasteiger partial charge in [0.05, 0.1) is 0 Å². The Hall–Kier alpha value is -2.53. The van der Waals surface area contributed by atoms with Gasteiger partial charge in [-0.05, 0) is 29.7 Å². The van der Waals surface area contributed by atoms with E-state index in [2.05, 4.69) is 16.0 Å². The van der Waals surface area contributed by atoms with E-state index in [1.165, 1.54) is 0 Å². The van der Waals surface area contributed by atoms with Gasteiger partial charge in [-0.3, -0.25) is 4.79 Å². The monoisotopic (exact) mass is 359 g/mol. The summed E-state index contributed by atoms with van der Waals surface area (Å²) in [6.45, 7) is 4.06. The molecule has 3 N–H and O–H groups in total. The molecular formula is C19H22ClN3O2. The molecule has 0 saturated carbocycles. The maximum atomic E-state index is 12.5. The minimum Gasteiger partial charge on any atom is -0.350 e. The fraction of sp³-hybridized carbons (Fsp3) is 0.263. The first kappa shape index (κ1) is 18.8. The molecule has 0 bridgehead atoms. The number of carbonyl (C=O) groups is 2. The summed E-state index contributed by atoms with van der Waals surface area (Å²) < 4.78 is 0. The smallest absolute Gasteiger partial charge is 0.319 e. The first-order valence-corrected chi connectivity index (χ1v) is 8.49. The summed E-state index contributed by atoms with van der Waals surface area (Å²) in [6.07, 6.45) is 0. The predicted octanol–water partition coefficient (Wildman–Crippen LogP) is 3.80. The number of rotatable bonds is 6. The quantitative estimate of drug-likeness (QED) is 0.734. The number of para-hydroxylation sites is 1. The molecule has 0 heterocycles. The van der Waals surface area contributed by atoms with E-state index in [-0.39, 0.29) is 11.8 Å². The number of hydrogen-bond acceptors (Lipinski definition) is 2. The fourth-order valence-electron chi connectivity index (χ4n) is 2.30. The van der Waals surface area contributed by atoms with Crippen molar-refractivity contribution in [2.75, 3.05) is 5.32 Å². The van der Waals surface area contributed by atoms with Crippen LogP contribution in [0, 0.1) is 5.92 Å². The van der Waals surface area contributed by atoms with Crippen molar-refractivity contribution < 1.29 is 9.59 Å². The molecule has 1 unspecified atom stereocenters. The highest BCUT2D eigenvalue weighted by Crippen LogP contribution is 2.14. The van der Waals surface area contributed by atoms with Crippen LogP contribution in [0.15, 0.2) is 54.6 Å². The van der Waals surface area contributed by atoms with Crippen molar-refractivity contribution in [2.24, 2.45) is 5.92 Å². The Balaban J connectivity index is 1.93. The van der Waals surface area contributed by atoms with Gasteiger partial charge in [0, 0.05) is 17.3 Å². The Bertz CT molecular complexity index is 720. The van der Waals surface area contributed by atoms with E-state index in [0.29, 0.717) is 17.3 Å². The molecule has 0 spiro atoms. The molecular weight excluding hydrogens is 338 g/mol. The summed E-state index contributed by atoms with van der Waals surface area (Å²) in [5.74, 6) is -0.314. The number of halogens is 1. The van der Waals surface area contributed by atoms with Crippen LogP contribution in [0.3, 0.4) is 0 Å². The average Bonchev–Trinajstić information content (AvgIpc) is 2.59. The maximum Gasteiger partial charge on any atom is 0.319 e. The third-order valence-electron chi connectivity index (χ3n) is 3.68. The topological polar surface area (TPSA) is 70.2 Å². The summed E-state index contributed by atoms with van der Waals surface area (Å²) in [5.41, 5.74) is 1.49. The van der Waals surface area contributed by atoms with Gasteiger partial charge in [0.25, 0.3) is 0 Å². The van der Waals surface area contributed by atoms with Crippen LogP contribution in [0.2, 0.25) is 5.02 Å². The zero-order valence-electron chi connectivity index (χ0n) is 14.3. The molecule has 0 radical (unpaired) electrons. The normalized spacial score (nSPS) is 11.7. The lowest BCUT2D eigenvalue weighted by Gasteiger charge is -2.22. The molecule has 5 nitrogen and oxygen atoms in total. The lowest BCUT2D eigenvalue weighted by Crippen LogP contribution is -2.50. The van der Waals surface area contributed by atoms with Crippen molar-refractivity contribution in [1.29, 1.82) is 0 Å². The summed E-state index contributed by atoms with van der Waals surface area (Å²) in [4.78, 5) is 24.6. The van der Waals surface area contributed by atoms with Crippen LogP contribution in [0.1, 0.15) is 19.4 Å². The summed E-state index contributed by atoms with van der Waals surface area (Å²) in [7, 11) is 0. The molecule has 2 rings (SSSR count). The van der Waals surface area contributed by atoms with Crippen molar-refractivity contribution in [3.63, 3.8) is 0 Å². The highest BCUT2D eigenvalue weighted by atomic mass is 35.5. The minimum absolute atomic E-state index is 0.0623. The second kappa shape index (κ2) is 9.08. The third-order valence-corrected chi connectivity index (χ3v) is 4.05. The van der Waals surface area contributed by atoms with Gasteiger partial charge in [-0.15, -0.1) is 0 Å². The number of anilines is 1. The van der Waals surface area contributed by atoms with E-state index >= 15 is 0 Å². The molecule has 6 heteroatoms. The van der Waals surface area contributed by atoms with E-state index in [9.17, 15) is 9.59 Å². The summed E-state index contributed by atoms with van der Waals surface area (Å²) >= 11 is 6.09. The Kier molecular flexibility index (Phi) is 6.83. The van der Waals surface area contributed by atoms with Crippen molar-refractivity contribution in [3.05, 3.63) is 65.2 Å². The standard InChI is InChI=1S/C19H22ClN3O2/c1-13(2)17(23-19(25)22-15-9-4-3-5-10-15)18(24)21-12-14-8-6-7-11-16(14)20/h3-11,13,17H,12H2,1-2H3,(H,21,24)(H2,22,23,25). The van der Waals surface area contributed by atoms with E-state index in [1.807, 2.05) is 50.2 Å². The molecule has 2 aromatic rings. The van der Waals surface area contributed by atoms with Crippen LogP contribution in [0.25, 0.3) is 0 Å². The molecule has 1 atom stereocenters. The Morgan fingerprint density at radius 1 is 1.00 bits per heavy atom. The molecule has 0 aliphatic rings. The Labute approximate surface area is 152 Å². The third kappa shape index (κ3) is 5.80. The number of carbonyl (C=O) groups excluding carboxylic acids is 2. The molecule has 25 heavy (non-hydrogen) atoms. The van der Waals surface area contributed by atoms with Crippen molar-refractivity contribution >= 4 is 29.2 Å². The van der Waals surface area contributed by atoms with Gasteiger partial charge in [0.15, 0.2) is 0 Å². The number of urea groups is 1. The largest absolute Gasteiger partial charge is 0.350 e. The van der Waals surface area contributed by atoms with Gasteiger partial charge in [0.2, 0.25) is 5.91 Å². The zero-order valence-corrected chi connectivity index (χ0v) is 15.0. The predicted molar refractivity (Wildman–Crippen MR) is 101 cm³/mol. The van der Waals surface area contributed by atoms with Crippen molar-refractivity contribution in [3.8, 4) is 0 Å². The SMILES string of the molecule is CC(C)C(NC(=O)Nc1ccccc1)C(=O)NCc1ccccc1Cl. The fourth-order valence-corrected chi connectivity index (χ4v) is 2.50. The molecule has 0 aliphatic heterocycles. The molecule has 0 fully saturated rings. The number of amides is 3. The molecule has 132 valence electrons. The minimum atomic E-state index is -0.647. The van der Waals surface area contributed by atoms with Crippen LogP contribution < -0.4 is 16.0 Å². The first-order chi connectivity index (χ1) is 12.0. The molecule has 0 aliphatic carbocycles. The van der Waals surface area contributed by atoms with Crippen LogP contribution >= 0.6 is 11.6 Å². The summed E-state index contributed by atoms with van der Waals surface area (Å²) in [6, 6.07) is 15.3. The zero-order chi connectivity index (χ0) is 18.2. The second-order valence-electron chi connectivity index (χ2n) is 6.00. The second-order valence-corrected chi connectivity index (χ2v) is 6.40. The van der Waals surface area contributed by atoms with Gasteiger partial charge in [-0.2, -0.15) is 0 Å². The number of hydrogen-bond donors (Lipinski definition) is 3. The van der Waals surface area contributed by atoms with E-state index < -0.39 is 12.1 Å². The highest BCUT2D eigenvalue weighted by molar-refractivity contribution is 6.31. The molecule has 3 amide bonds. The van der Waals surface area contributed by atoms with Crippen LogP contribution in [0.4, 0.5) is 10.5 Å². The van der Waals surface area contributed by atoms with Crippen LogP contribution in [-0.4, -0.2) is 18.0 Å². The molecule has 2 aromatic carbocycles. The van der Waals surface area contributed by atoms with E-state index in [1.54, 1.807) is 18.2 Å². The number of nitrogens with one attached hydrogen (secondary N) is 3. The van der Waals surface area contributed by atoms with E-state index in [0.717, 1.165) is 5.56 Å².